The Morgan fingerprint density at radius 2 is 2.21 bits per heavy atom. The van der Waals surface area contributed by atoms with Gasteiger partial charge in [-0.05, 0) is 43.2 Å². The van der Waals surface area contributed by atoms with Crippen molar-refractivity contribution in [2.24, 2.45) is 5.92 Å². The highest BCUT2D eigenvalue weighted by Crippen LogP contribution is 2.29. The van der Waals surface area contributed by atoms with Gasteiger partial charge in [-0.25, -0.2) is 4.39 Å². The second-order valence-corrected chi connectivity index (χ2v) is 6.06. The lowest BCUT2D eigenvalue weighted by Gasteiger charge is -2.21. The van der Waals surface area contributed by atoms with Crippen LogP contribution in [0.15, 0.2) is 41.0 Å². The number of benzene rings is 1. The molecule has 1 unspecified atom stereocenters. The molecule has 0 radical (unpaired) electrons. The summed E-state index contributed by atoms with van der Waals surface area (Å²) in [4.78, 5) is 28.0. The molecule has 126 valence electrons. The van der Waals surface area contributed by atoms with E-state index in [2.05, 4.69) is 0 Å². The van der Waals surface area contributed by atoms with Crippen molar-refractivity contribution in [2.45, 2.75) is 19.9 Å². The molecule has 1 saturated heterocycles. The monoisotopic (exact) mass is 330 g/mol. The van der Waals surface area contributed by atoms with Crippen LogP contribution >= 0.6 is 0 Å². The third-order valence-corrected chi connectivity index (χ3v) is 4.25. The number of nitrogens with zero attached hydrogens (tertiary/aromatic N) is 2. The summed E-state index contributed by atoms with van der Waals surface area (Å²) in [5.74, 6) is -1.20. The molecular formula is C18H19FN2O3. The summed E-state index contributed by atoms with van der Waals surface area (Å²) in [6, 6.07) is 8.15. The highest BCUT2D eigenvalue weighted by Gasteiger charge is 2.39. The molecule has 1 aromatic carbocycles. The summed E-state index contributed by atoms with van der Waals surface area (Å²) in [6.45, 7) is 2.47. The minimum absolute atomic E-state index is 0.240. The quantitative estimate of drug-likeness (QED) is 0.810. The van der Waals surface area contributed by atoms with Gasteiger partial charge in [0, 0.05) is 13.6 Å². The van der Waals surface area contributed by atoms with Crippen LogP contribution in [0.2, 0.25) is 0 Å². The summed E-state index contributed by atoms with van der Waals surface area (Å²) in [6.07, 6.45) is 1.92. The van der Waals surface area contributed by atoms with Gasteiger partial charge in [-0.2, -0.15) is 0 Å². The normalized spacial score (nSPS) is 17.4. The Balaban J connectivity index is 1.73. The van der Waals surface area contributed by atoms with Gasteiger partial charge < -0.3 is 14.2 Å². The number of carbonyl (C=O) groups is 2. The summed E-state index contributed by atoms with van der Waals surface area (Å²) < 4.78 is 19.3. The second-order valence-electron chi connectivity index (χ2n) is 6.06. The molecule has 1 fully saturated rings. The zero-order chi connectivity index (χ0) is 17.3. The van der Waals surface area contributed by atoms with Crippen LogP contribution in [0.25, 0.3) is 0 Å². The van der Waals surface area contributed by atoms with Crippen LogP contribution in [0.1, 0.15) is 17.7 Å². The van der Waals surface area contributed by atoms with Gasteiger partial charge in [0.2, 0.25) is 11.8 Å². The van der Waals surface area contributed by atoms with Crippen LogP contribution in [-0.4, -0.2) is 30.3 Å². The van der Waals surface area contributed by atoms with Crippen molar-refractivity contribution in [1.82, 2.24) is 4.90 Å². The van der Waals surface area contributed by atoms with Crippen LogP contribution in [-0.2, 0) is 16.1 Å². The topological polar surface area (TPSA) is 53.8 Å². The van der Waals surface area contributed by atoms with Crippen LogP contribution in [0.3, 0.4) is 0 Å². The maximum atomic E-state index is 14.0. The van der Waals surface area contributed by atoms with Gasteiger partial charge in [-0.1, -0.05) is 6.07 Å². The first-order chi connectivity index (χ1) is 11.5. The van der Waals surface area contributed by atoms with Crippen molar-refractivity contribution in [1.29, 1.82) is 0 Å². The molecule has 1 aliphatic heterocycles. The maximum absolute atomic E-state index is 14.0. The Kier molecular flexibility index (Phi) is 4.38. The number of hydrogen-bond donors (Lipinski definition) is 0. The molecule has 24 heavy (non-hydrogen) atoms. The van der Waals surface area contributed by atoms with E-state index in [-0.39, 0.29) is 17.5 Å². The zero-order valence-electron chi connectivity index (χ0n) is 13.7. The molecule has 2 heterocycles. The van der Waals surface area contributed by atoms with Crippen molar-refractivity contribution in [3.05, 3.63) is 53.7 Å². The van der Waals surface area contributed by atoms with Crippen LogP contribution in [0, 0.1) is 18.7 Å². The molecule has 0 saturated carbocycles. The Morgan fingerprint density at radius 1 is 1.42 bits per heavy atom. The first-order valence-corrected chi connectivity index (χ1v) is 7.82. The first-order valence-electron chi connectivity index (χ1n) is 7.82. The molecule has 0 bridgehead atoms. The first kappa shape index (κ1) is 16.2. The van der Waals surface area contributed by atoms with E-state index in [0.29, 0.717) is 25.3 Å². The van der Waals surface area contributed by atoms with E-state index in [4.69, 9.17) is 4.42 Å². The number of amides is 2. The lowest BCUT2D eigenvalue weighted by Crippen LogP contribution is -2.38. The third-order valence-electron chi connectivity index (χ3n) is 4.25. The number of rotatable bonds is 4. The van der Waals surface area contributed by atoms with Gasteiger partial charge in [0.15, 0.2) is 0 Å². The Bertz CT molecular complexity index is 758. The minimum atomic E-state index is -0.773. The molecule has 6 heteroatoms. The van der Waals surface area contributed by atoms with Crippen molar-refractivity contribution < 1.29 is 18.4 Å². The average Bonchev–Trinajstić information content (AvgIpc) is 3.19. The molecule has 5 nitrogen and oxygen atoms in total. The fourth-order valence-electron chi connectivity index (χ4n) is 2.96. The third kappa shape index (κ3) is 3.04. The molecule has 2 amide bonds. The lowest BCUT2D eigenvalue weighted by atomic mass is 10.1. The number of carbonyl (C=O) groups excluding carboxylic acids is 2. The Labute approximate surface area is 139 Å². The molecule has 2 aromatic rings. The summed E-state index contributed by atoms with van der Waals surface area (Å²) in [5, 5.41) is 0. The SMILES string of the molecule is Cc1ccc(F)c(N2CCC(C(=O)N(C)Cc3ccco3)C2=O)c1. The Morgan fingerprint density at radius 3 is 2.92 bits per heavy atom. The number of anilines is 1. The number of aryl methyl sites for hydroxylation is 1. The van der Waals surface area contributed by atoms with Crippen molar-refractivity contribution in [3.63, 3.8) is 0 Å². The Hall–Kier alpha value is -2.63. The summed E-state index contributed by atoms with van der Waals surface area (Å²) in [7, 11) is 1.63. The van der Waals surface area contributed by atoms with E-state index in [1.165, 1.54) is 22.1 Å². The van der Waals surface area contributed by atoms with Gasteiger partial charge >= 0.3 is 0 Å². The fourth-order valence-corrected chi connectivity index (χ4v) is 2.96. The van der Waals surface area contributed by atoms with E-state index in [9.17, 15) is 14.0 Å². The molecular weight excluding hydrogens is 311 g/mol. The van der Waals surface area contributed by atoms with E-state index in [1.807, 2.05) is 6.92 Å². The average molecular weight is 330 g/mol. The van der Waals surface area contributed by atoms with E-state index in [0.717, 1.165) is 5.56 Å². The van der Waals surface area contributed by atoms with E-state index < -0.39 is 11.7 Å². The lowest BCUT2D eigenvalue weighted by molar-refractivity contribution is -0.139. The molecule has 1 aromatic heterocycles. The fraction of sp³-hybridized carbons (Fsp3) is 0.333. The summed E-state index contributed by atoms with van der Waals surface area (Å²) in [5.41, 5.74) is 1.10. The molecule has 1 aliphatic rings. The summed E-state index contributed by atoms with van der Waals surface area (Å²) >= 11 is 0. The van der Waals surface area contributed by atoms with Crippen LogP contribution in [0.4, 0.5) is 10.1 Å². The van der Waals surface area contributed by atoms with Crippen molar-refractivity contribution in [3.8, 4) is 0 Å². The largest absolute Gasteiger partial charge is 0.467 e. The van der Waals surface area contributed by atoms with Gasteiger partial charge in [-0.15, -0.1) is 0 Å². The maximum Gasteiger partial charge on any atom is 0.239 e. The van der Waals surface area contributed by atoms with E-state index >= 15 is 0 Å². The highest BCUT2D eigenvalue weighted by atomic mass is 19.1. The molecule has 0 N–H and O–H groups in total. The van der Waals surface area contributed by atoms with Gasteiger partial charge in [0.1, 0.15) is 17.5 Å². The van der Waals surface area contributed by atoms with Crippen molar-refractivity contribution >= 4 is 17.5 Å². The van der Waals surface area contributed by atoms with Gasteiger partial charge in [-0.3, -0.25) is 9.59 Å². The van der Waals surface area contributed by atoms with Crippen LogP contribution in [0.5, 0.6) is 0 Å². The predicted octanol–water partition coefficient (Wildman–Crippen LogP) is 2.74. The van der Waals surface area contributed by atoms with Crippen LogP contribution < -0.4 is 4.90 Å². The second kappa shape index (κ2) is 6.47. The number of furan rings is 1. The standard InChI is InChI=1S/C18H19FN2O3/c1-12-5-6-15(19)16(10-12)21-8-7-14(18(21)23)17(22)20(2)11-13-4-3-9-24-13/h3-6,9-10,14H,7-8,11H2,1-2H3. The minimum Gasteiger partial charge on any atom is -0.467 e. The van der Waals surface area contributed by atoms with E-state index in [1.54, 1.807) is 31.3 Å². The van der Waals surface area contributed by atoms with Gasteiger partial charge in [0.25, 0.3) is 0 Å². The zero-order valence-corrected chi connectivity index (χ0v) is 13.7. The molecule has 0 spiro atoms. The molecule has 1 atom stereocenters. The molecule has 3 rings (SSSR count). The smallest absolute Gasteiger partial charge is 0.239 e. The number of hydrogen-bond acceptors (Lipinski definition) is 3. The highest BCUT2D eigenvalue weighted by molar-refractivity contribution is 6.09. The predicted molar refractivity (Wildman–Crippen MR) is 86.8 cm³/mol. The number of halogens is 1. The molecule has 0 aliphatic carbocycles. The van der Waals surface area contributed by atoms with Gasteiger partial charge in [0.05, 0.1) is 18.5 Å². The van der Waals surface area contributed by atoms with Crippen molar-refractivity contribution in [2.75, 3.05) is 18.5 Å².